The number of carbonyl (C=O) groups is 1. The topological polar surface area (TPSA) is 73.6 Å². The monoisotopic (exact) mass is 376 g/mol. The van der Waals surface area contributed by atoms with E-state index in [1.807, 2.05) is 61.5 Å². The van der Waals surface area contributed by atoms with Crippen molar-refractivity contribution in [1.82, 2.24) is 10.5 Å². The first kappa shape index (κ1) is 16.9. The van der Waals surface area contributed by atoms with Crippen molar-refractivity contribution in [3.63, 3.8) is 0 Å². The number of carbonyl (C=O) groups excluding carboxylic acids is 1. The molecule has 5 rings (SSSR count). The Hall–Kier alpha value is -3.28. The summed E-state index contributed by atoms with van der Waals surface area (Å²) >= 11 is 0. The number of ether oxygens (including phenoxy) is 2. The molecular weight excluding hydrogens is 356 g/mol. The second kappa shape index (κ2) is 6.41. The van der Waals surface area contributed by atoms with E-state index < -0.39 is 5.41 Å². The number of nitrogens with one attached hydrogen (secondary N) is 1. The highest BCUT2D eigenvalue weighted by molar-refractivity contribution is 5.91. The Kier molecular flexibility index (Phi) is 3.86. The van der Waals surface area contributed by atoms with Gasteiger partial charge in [-0.15, -0.1) is 0 Å². The molecule has 1 saturated carbocycles. The maximum atomic E-state index is 13.0. The Balaban J connectivity index is 1.35. The van der Waals surface area contributed by atoms with Gasteiger partial charge in [0.25, 0.3) is 0 Å². The molecule has 6 heteroatoms. The molecule has 2 aliphatic rings. The van der Waals surface area contributed by atoms with Crippen molar-refractivity contribution in [2.45, 2.75) is 31.2 Å². The number of hydrogen-bond acceptors (Lipinski definition) is 5. The second-order valence-electron chi connectivity index (χ2n) is 7.33. The van der Waals surface area contributed by atoms with Crippen molar-refractivity contribution >= 4 is 5.91 Å². The summed E-state index contributed by atoms with van der Waals surface area (Å²) in [5.41, 5.74) is 2.00. The average Bonchev–Trinajstić information content (AvgIpc) is 3.16. The van der Waals surface area contributed by atoms with Gasteiger partial charge in [0.2, 0.25) is 12.7 Å². The second-order valence-corrected chi connectivity index (χ2v) is 7.33. The van der Waals surface area contributed by atoms with Crippen LogP contribution in [0, 0.1) is 0 Å². The van der Waals surface area contributed by atoms with Crippen molar-refractivity contribution in [2.75, 3.05) is 6.79 Å². The van der Waals surface area contributed by atoms with Gasteiger partial charge >= 0.3 is 0 Å². The molecule has 0 saturated heterocycles. The molecule has 0 bridgehead atoms. The van der Waals surface area contributed by atoms with Gasteiger partial charge in [0.1, 0.15) is 0 Å². The molecule has 1 aliphatic carbocycles. The van der Waals surface area contributed by atoms with Gasteiger partial charge in [-0.2, -0.15) is 0 Å². The first-order valence-corrected chi connectivity index (χ1v) is 9.39. The minimum absolute atomic E-state index is 0.00519. The fraction of sp³-hybridized carbons (Fsp3) is 0.273. The number of benzene rings is 2. The maximum absolute atomic E-state index is 13.0. The van der Waals surface area contributed by atoms with Crippen LogP contribution in [0.3, 0.4) is 0 Å². The lowest BCUT2D eigenvalue weighted by molar-refractivity contribution is -0.124. The van der Waals surface area contributed by atoms with Crippen LogP contribution in [0.2, 0.25) is 0 Å². The number of hydrogen-bond donors (Lipinski definition) is 1. The van der Waals surface area contributed by atoms with E-state index in [0.29, 0.717) is 17.2 Å². The summed E-state index contributed by atoms with van der Waals surface area (Å²) in [6, 6.07) is 17.3. The Morgan fingerprint density at radius 1 is 1.07 bits per heavy atom. The van der Waals surface area contributed by atoms with Gasteiger partial charge in [-0.25, -0.2) is 0 Å². The van der Waals surface area contributed by atoms with Gasteiger partial charge in [0, 0.05) is 11.6 Å². The summed E-state index contributed by atoms with van der Waals surface area (Å²) in [7, 11) is 0. The Bertz CT molecular complexity index is 1020. The summed E-state index contributed by atoms with van der Waals surface area (Å²) < 4.78 is 16.3. The van der Waals surface area contributed by atoms with Gasteiger partial charge in [-0.3, -0.25) is 4.79 Å². The molecule has 1 fully saturated rings. The smallest absolute Gasteiger partial charge is 0.232 e. The highest BCUT2D eigenvalue weighted by atomic mass is 16.7. The minimum atomic E-state index is -0.596. The highest BCUT2D eigenvalue weighted by Crippen LogP contribution is 2.49. The molecule has 1 amide bonds. The molecular formula is C22H20N2O4. The van der Waals surface area contributed by atoms with E-state index in [2.05, 4.69) is 10.5 Å². The number of nitrogens with zero attached hydrogens (tertiary/aromatic N) is 1. The van der Waals surface area contributed by atoms with Crippen molar-refractivity contribution in [2.24, 2.45) is 0 Å². The van der Waals surface area contributed by atoms with E-state index in [9.17, 15) is 4.79 Å². The SMILES string of the molecule is CC(NC(=O)C1(c2cc(-c3ccc4c(c3)OCO4)on2)CC1)c1ccccc1. The third kappa shape index (κ3) is 2.81. The molecule has 1 aromatic heterocycles. The van der Waals surface area contributed by atoms with Gasteiger partial charge < -0.3 is 19.3 Å². The number of fused-ring (bicyclic) bond motifs is 1. The van der Waals surface area contributed by atoms with Gasteiger partial charge in [0.05, 0.1) is 17.2 Å². The standard InChI is InChI=1S/C22H20N2O4/c1-14(15-5-3-2-4-6-15)23-21(25)22(9-10-22)20-12-18(28-24-20)16-7-8-17-19(11-16)27-13-26-17/h2-8,11-12,14H,9-10,13H2,1H3,(H,23,25). The van der Waals surface area contributed by atoms with E-state index >= 15 is 0 Å². The van der Waals surface area contributed by atoms with Gasteiger partial charge in [-0.1, -0.05) is 35.5 Å². The van der Waals surface area contributed by atoms with Crippen LogP contribution in [0.4, 0.5) is 0 Å². The summed E-state index contributed by atoms with van der Waals surface area (Å²) in [6.45, 7) is 2.22. The zero-order valence-electron chi connectivity index (χ0n) is 15.5. The molecule has 1 aliphatic heterocycles. The van der Waals surface area contributed by atoms with Gasteiger partial charge in [-0.05, 0) is 43.5 Å². The maximum Gasteiger partial charge on any atom is 0.232 e. The van der Waals surface area contributed by atoms with Crippen LogP contribution in [-0.4, -0.2) is 17.9 Å². The van der Waals surface area contributed by atoms with E-state index in [0.717, 1.165) is 29.7 Å². The van der Waals surface area contributed by atoms with E-state index in [4.69, 9.17) is 14.0 Å². The lowest BCUT2D eigenvalue weighted by Crippen LogP contribution is -2.36. The quantitative estimate of drug-likeness (QED) is 0.729. The summed E-state index contributed by atoms with van der Waals surface area (Å²) in [6.07, 6.45) is 1.54. The molecule has 2 heterocycles. The molecule has 0 spiro atoms. The van der Waals surface area contributed by atoms with Crippen LogP contribution in [0.1, 0.15) is 37.1 Å². The molecule has 0 radical (unpaired) electrons. The summed E-state index contributed by atoms with van der Waals surface area (Å²) in [5, 5.41) is 7.34. The number of rotatable bonds is 5. The normalized spacial score (nSPS) is 17.2. The first-order valence-electron chi connectivity index (χ1n) is 9.39. The predicted octanol–water partition coefficient (Wildman–Crippen LogP) is 3.98. The molecule has 1 atom stereocenters. The Labute approximate surface area is 162 Å². The van der Waals surface area contributed by atoms with Crippen LogP contribution < -0.4 is 14.8 Å². The predicted molar refractivity (Wildman–Crippen MR) is 102 cm³/mol. The lowest BCUT2D eigenvalue weighted by atomic mass is 9.99. The van der Waals surface area contributed by atoms with Crippen LogP contribution in [0.25, 0.3) is 11.3 Å². The van der Waals surface area contributed by atoms with Crippen molar-refractivity contribution in [1.29, 1.82) is 0 Å². The Morgan fingerprint density at radius 3 is 2.64 bits per heavy atom. The zero-order chi connectivity index (χ0) is 19.1. The van der Waals surface area contributed by atoms with E-state index in [1.54, 1.807) is 0 Å². The van der Waals surface area contributed by atoms with Gasteiger partial charge in [0.15, 0.2) is 17.3 Å². The number of aromatic nitrogens is 1. The van der Waals surface area contributed by atoms with Crippen LogP contribution in [0.15, 0.2) is 59.1 Å². The molecule has 1 unspecified atom stereocenters. The third-order valence-electron chi connectivity index (χ3n) is 5.49. The zero-order valence-corrected chi connectivity index (χ0v) is 15.5. The van der Waals surface area contributed by atoms with Crippen molar-refractivity contribution < 1.29 is 18.8 Å². The summed E-state index contributed by atoms with van der Waals surface area (Å²) in [4.78, 5) is 13.0. The molecule has 3 aromatic rings. The lowest BCUT2D eigenvalue weighted by Gasteiger charge is -2.18. The Morgan fingerprint density at radius 2 is 1.86 bits per heavy atom. The molecule has 6 nitrogen and oxygen atoms in total. The largest absolute Gasteiger partial charge is 0.454 e. The van der Waals surface area contributed by atoms with Crippen LogP contribution in [-0.2, 0) is 10.2 Å². The van der Waals surface area contributed by atoms with Crippen LogP contribution in [0.5, 0.6) is 11.5 Å². The fourth-order valence-electron chi connectivity index (χ4n) is 3.57. The minimum Gasteiger partial charge on any atom is -0.454 e. The molecule has 1 N–H and O–H groups in total. The van der Waals surface area contributed by atoms with E-state index in [1.165, 1.54) is 0 Å². The highest BCUT2D eigenvalue weighted by Gasteiger charge is 2.54. The summed E-state index contributed by atoms with van der Waals surface area (Å²) in [5.74, 6) is 2.01. The molecule has 2 aromatic carbocycles. The average molecular weight is 376 g/mol. The number of amides is 1. The van der Waals surface area contributed by atoms with Crippen LogP contribution >= 0.6 is 0 Å². The first-order chi connectivity index (χ1) is 13.7. The van der Waals surface area contributed by atoms with Crippen molar-refractivity contribution in [3.8, 4) is 22.8 Å². The van der Waals surface area contributed by atoms with Crippen molar-refractivity contribution in [3.05, 3.63) is 65.9 Å². The van der Waals surface area contributed by atoms with E-state index in [-0.39, 0.29) is 18.7 Å². The third-order valence-corrected chi connectivity index (χ3v) is 5.49. The molecule has 142 valence electrons. The molecule has 28 heavy (non-hydrogen) atoms. The fourth-order valence-corrected chi connectivity index (χ4v) is 3.57.